The van der Waals surface area contributed by atoms with Crippen molar-refractivity contribution in [1.82, 2.24) is 16.2 Å². The molecule has 2 amide bonds. The van der Waals surface area contributed by atoms with E-state index in [4.69, 9.17) is 12.2 Å². The van der Waals surface area contributed by atoms with E-state index in [0.29, 0.717) is 0 Å². The average molecular weight is 428 g/mol. The first-order valence-corrected chi connectivity index (χ1v) is 10.3. The molecule has 0 unspecified atom stereocenters. The van der Waals surface area contributed by atoms with Gasteiger partial charge in [-0.3, -0.25) is 20.4 Å². The van der Waals surface area contributed by atoms with Gasteiger partial charge < -0.3 is 5.32 Å². The summed E-state index contributed by atoms with van der Waals surface area (Å²) in [5, 5.41) is 6.88. The number of hydrazine groups is 1. The zero-order chi connectivity index (χ0) is 21.6. The third-order valence-electron chi connectivity index (χ3n) is 5.03. The number of rotatable bonds is 4. The van der Waals surface area contributed by atoms with Crippen LogP contribution in [0.15, 0.2) is 84.9 Å². The summed E-state index contributed by atoms with van der Waals surface area (Å²) >= 11 is 5.14. The van der Waals surface area contributed by atoms with Crippen LogP contribution in [-0.4, -0.2) is 16.9 Å². The highest BCUT2D eigenvalue weighted by Crippen LogP contribution is 2.19. The number of thiocarbonyl (C=S) groups is 1. The summed E-state index contributed by atoms with van der Waals surface area (Å²) in [5.41, 5.74) is 6.99. The van der Waals surface area contributed by atoms with Crippen molar-refractivity contribution in [1.29, 1.82) is 0 Å². The van der Waals surface area contributed by atoms with Gasteiger partial charge in [0, 0.05) is 0 Å². The maximum Gasteiger partial charge on any atom is 0.242 e. The van der Waals surface area contributed by atoms with Crippen LogP contribution < -0.4 is 16.2 Å². The standard InChI is InChI=1S/C25H21N3O2S/c29-23(15-19-11-5-9-17-7-1-3-13-21(17)19)26-25(31)28-27-24(30)16-20-12-6-10-18-8-2-4-14-22(18)20/h1-14H,15-16H2,(H,27,30)(H2,26,28,29,31). The highest BCUT2D eigenvalue weighted by Gasteiger charge is 2.10. The van der Waals surface area contributed by atoms with E-state index < -0.39 is 0 Å². The lowest BCUT2D eigenvalue weighted by Gasteiger charge is -2.12. The van der Waals surface area contributed by atoms with E-state index in [1.807, 2.05) is 84.9 Å². The first-order chi connectivity index (χ1) is 15.1. The van der Waals surface area contributed by atoms with Crippen LogP contribution in [0.3, 0.4) is 0 Å². The Morgan fingerprint density at radius 1 is 0.613 bits per heavy atom. The number of hydrogen-bond acceptors (Lipinski definition) is 3. The highest BCUT2D eigenvalue weighted by atomic mass is 32.1. The van der Waals surface area contributed by atoms with Gasteiger partial charge in [0.25, 0.3) is 0 Å². The molecule has 0 aliphatic heterocycles. The van der Waals surface area contributed by atoms with Gasteiger partial charge in [-0.2, -0.15) is 0 Å². The Morgan fingerprint density at radius 3 is 1.68 bits per heavy atom. The van der Waals surface area contributed by atoms with Gasteiger partial charge in [-0.1, -0.05) is 84.9 Å². The number of benzene rings is 4. The van der Waals surface area contributed by atoms with Crippen molar-refractivity contribution in [2.24, 2.45) is 0 Å². The molecule has 0 atom stereocenters. The van der Waals surface area contributed by atoms with Gasteiger partial charge in [0.1, 0.15) is 0 Å². The van der Waals surface area contributed by atoms with Crippen molar-refractivity contribution >= 4 is 50.7 Å². The number of fused-ring (bicyclic) bond motifs is 2. The molecule has 0 fully saturated rings. The maximum absolute atomic E-state index is 12.4. The molecule has 0 bridgehead atoms. The Morgan fingerprint density at radius 2 is 1.10 bits per heavy atom. The maximum atomic E-state index is 12.4. The molecule has 0 saturated heterocycles. The molecular weight excluding hydrogens is 406 g/mol. The summed E-state index contributed by atoms with van der Waals surface area (Å²) < 4.78 is 0. The third kappa shape index (κ3) is 5.05. The van der Waals surface area contributed by atoms with Gasteiger partial charge >= 0.3 is 0 Å². The van der Waals surface area contributed by atoms with Crippen molar-refractivity contribution in [2.75, 3.05) is 0 Å². The number of hydrogen-bond donors (Lipinski definition) is 3. The van der Waals surface area contributed by atoms with Crippen LogP contribution >= 0.6 is 12.2 Å². The minimum Gasteiger partial charge on any atom is -0.302 e. The van der Waals surface area contributed by atoms with Crippen LogP contribution in [0.1, 0.15) is 11.1 Å². The smallest absolute Gasteiger partial charge is 0.242 e. The van der Waals surface area contributed by atoms with E-state index in [2.05, 4.69) is 16.2 Å². The molecule has 31 heavy (non-hydrogen) atoms. The van der Waals surface area contributed by atoms with Crippen molar-refractivity contribution in [2.45, 2.75) is 12.8 Å². The second-order valence-electron chi connectivity index (χ2n) is 7.18. The van der Waals surface area contributed by atoms with Crippen molar-refractivity contribution in [3.05, 3.63) is 96.1 Å². The second-order valence-corrected chi connectivity index (χ2v) is 7.59. The van der Waals surface area contributed by atoms with Crippen LogP contribution in [0.4, 0.5) is 0 Å². The Bertz CT molecular complexity index is 1280. The zero-order valence-corrected chi connectivity index (χ0v) is 17.5. The first-order valence-electron chi connectivity index (χ1n) is 9.92. The summed E-state index contributed by atoms with van der Waals surface area (Å²) in [6.07, 6.45) is 0.383. The molecule has 4 aromatic carbocycles. The zero-order valence-electron chi connectivity index (χ0n) is 16.7. The van der Waals surface area contributed by atoms with Crippen molar-refractivity contribution < 1.29 is 9.59 Å². The third-order valence-corrected chi connectivity index (χ3v) is 5.23. The molecule has 5 nitrogen and oxygen atoms in total. The van der Waals surface area contributed by atoms with Gasteiger partial charge in [-0.05, 0) is 44.9 Å². The second kappa shape index (κ2) is 9.36. The van der Waals surface area contributed by atoms with Crippen molar-refractivity contribution in [3.63, 3.8) is 0 Å². The Hall–Kier alpha value is -3.77. The predicted octanol–water partition coefficient (Wildman–Crippen LogP) is 3.80. The van der Waals surface area contributed by atoms with E-state index in [0.717, 1.165) is 32.7 Å². The largest absolute Gasteiger partial charge is 0.302 e. The molecule has 0 spiro atoms. The fraction of sp³-hybridized carbons (Fsp3) is 0.0800. The SMILES string of the molecule is O=C(Cc1cccc2ccccc12)NNC(=S)NC(=O)Cc1cccc2ccccc12. The first kappa shape index (κ1) is 20.5. The summed E-state index contributed by atoms with van der Waals surface area (Å²) in [5.74, 6) is -0.501. The van der Waals surface area contributed by atoms with E-state index in [1.54, 1.807) is 0 Å². The van der Waals surface area contributed by atoms with Gasteiger partial charge in [0.15, 0.2) is 5.11 Å². The molecule has 6 heteroatoms. The van der Waals surface area contributed by atoms with Gasteiger partial charge in [-0.15, -0.1) is 0 Å². The normalized spacial score (nSPS) is 10.6. The van der Waals surface area contributed by atoms with Crippen LogP contribution in [0, 0.1) is 0 Å². The molecule has 0 aliphatic carbocycles. The number of carbonyl (C=O) groups excluding carboxylic acids is 2. The minimum absolute atomic E-state index is 0.0523. The van der Waals surface area contributed by atoms with Gasteiger partial charge in [0.05, 0.1) is 12.8 Å². The fourth-order valence-electron chi connectivity index (χ4n) is 3.61. The Kier molecular flexibility index (Phi) is 6.19. The summed E-state index contributed by atoms with van der Waals surface area (Å²) in [7, 11) is 0. The molecule has 0 aromatic heterocycles. The summed E-state index contributed by atoms with van der Waals surface area (Å²) in [6.45, 7) is 0. The van der Waals surface area contributed by atoms with Crippen molar-refractivity contribution in [3.8, 4) is 0 Å². The van der Waals surface area contributed by atoms with Gasteiger partial charge in [0.2, 0.25) is 11.8 Å². The van der Waals surface area contributed by atoms with E-state index >= 15 is 0 Å². The molecule has 0 saturated carbocycles. The van der Waals surface area contributed by atoms with E-state index in [1.165, 1.54) is 0 Å². The molecule has 4 aromatic rings. The van der Waals surface area contributed by atoms with E-state index in [9.17, 15) is 9.59 Å². The quantitative estimate of drug-likeness (QED) is 0.342. The number of carbonyl (C=O) groups is 2. The average Bonchev–Trinajstić information content (AvgIpc) is 2.78. The fourth-order valence-corrected chi connectivity index (χ4v) is 3.78. The van der Waals surface area contributed by atoms with Gasteiger partial charge in [-0.25, -0.2) is 0 Å². The van der Waals surface area contributed by atoms with Crippen LogP contribution in [-0.2, 0) is 22.4 Å². The molecule has 0 radical (unpaired) electrons. The monoisotopic (exact) mass is 427 g/mol. The van der Waals surface area contributed by atoms with Crippen LogP contribution in [0.5, 0.6) is 0 Å². The van der Waals surface area contributed by atoms with Crippen LogP contribution in [0.25, 0.3) is 21.5 Å². The summed E-state index contributed by atoms with van der Waals surface area (Å²) in [6, 6.07) is 27.5. The molecule has 4 rings (SSSR count). The lowest BCUT2D eigenvalue weighted by atomic mass is 10.0. The molecule has 0 heterocycles. The lowest BCUT2D eigenvalue weighted by Crippen LogP contribution is -2.49. The summed E-state index contributed by atoms with van der Waals surface area (Å²) in [4.78, 5) is 24.7. The highest BCUT2D eigenvalue weighted by molar-refractivity contribution is 7.80. The lowest BCUT2D eigenvalue weighted by molar-refractivity contribution is -0.121. The minimum atomic E-state index is -0.253. The molecule has 3 N–H and O–H groups in total. The van der Waals surface area contributed by atoms with Crippen LogP contribution in [0.2, 0.25) is 0 Å². The predicted molar refractivity (Wildman–Crippen MR) is 127 cm³/mol. The topological polar surface area (TPSA) is 70.2 Å². The molecule has 0 aliphatic rings. The Balaban J connectivity index is 1.30. The molecular formula is C25H21N3O2S. The van der Waals surface area contributed by atoms with E-state index in [-0.39, 0.29) is 29.8 Å². The Labute approximate surface area is 185 Å². The number of amides is 2. The number of nitrogens with one attached hydrogen (secondary N) is 3. The molecule has 154 valence electrons.